The number of carboxylic acids is 1. The van der Waals surface area contributed by atoms with E-state index in [0.29, 0.717) is 25.8 Å². The number of carbonyl (C=O) groups excluding carboxylic acids is 3. The van der Waals surface area contributed by atoms with Gasteiger partial charge in [-0.2, -0.15) is 0 Å². The van der Waals surface area contributed by atoms with Crippen LogP contribution in [0.3, 0.4) is 0 Å². The molecule has 0 spiro atoms. The third kappa shape index (κ3) is 9.92. The van der Waals surface area contributed by atoms with E-state index >= 15 is 0 Å². The van der Waals surface area contributed by atoms with Crippen LogP contribution in [-0.2, 0) is 28.7 Å². The van der Waals surface area contributed by atoms with Crippen molar-refractivity contribution in [3.8, 4) is 0 Å². The molecule has 0 aliphatic carbocycles. The van der Waals surface area contributed by atoms with E-state index in [9.17, 15) is 24.3 Å². The van der Waals surface area contributed by atoms with Crippen LogP contribution < -0.4 is 5.32 Å². The van der Waals surface area contributed by atoms with Crippen LogP contribution >= 0.6 is 11.8 Å². The summed E-state index contributed by atoms with van der Waals surface area (Å²) in [7, 11) is 0. The van der Waals surface area contributed by atoms with Crippen LogP contribution in [0.15, 0.2) is 0 Å². The van der Waals surface area contributed by atoms with Crippen molar-refractivity contribution in [2.45, 2.75) is 96.0 Å². The fourth-order valence-corrected chi connectivity index (χ4v) is 5.00. The van der Waals surface area contributed by atoms with Crippen molar-refractivity contribution >= 4 is 35.6 Å². The first-order valence-corrected chi connectivity index (χ1v) is 13.1. The molecule has 0 aromatic rings. The molecule has 1 aliphatic rings. The van der Waals surface area contributed by atoms with E-state index in [2.05, 4.69) is 12.2 Å². The van der Waals surface area contributed by atoms with E-state index in [1.54, 1.807) is 20.8 Å². The minimum atomic E-state index is -1.02. The molecule has 2 unspecified atom stereocenters. The zero-order chi connectivity index (χ0) is 24.8. The molecule has 0 bridgehead atoms. The second-order valence-corrected chi connectivity index (χ2v) is 9.38. The van der Waals surface area contributed by atoms with Gasteiger partial charge >= 0.3 is 17.9 Å². The second kappa shape index (κ2) is 15.9. The maximum Gasteiger partial charge on any atom is 0.326 e. The van der Waals surface area contributed by atoms with E-state index in [1.807, 2.05) is 0 Å². The Balaban J connectivity index is 2.81. The molecule has 1 amide bonds. The highest BCUT2D eigenvalue weighted by atomic mass is 32.2. The average molecular weight is 489 g/mol. The number of hydrogen-bond donors (Lipinski definition) is 2. The van der Waals surface area contributed by atoms with Crippen molar-refractivity contribution < 1.29 is 33.8 Å². The third-order valence-electron chi connectivity index (χ3n) is 5.55. The number of carboxylic acid groups (broad SMARTS) is 1. The Morgan fingerprint density at radius 1 is 1.06 bits per heavy atom. The van der Waals surface area contributed by atoms with Gasteiger partial charge in [0, 0.05) is 12.3 Å². The van der Waals surface area contributed by atoms with Gasteiger partial charge in [-0.15, -0.1) is 11.8 Å². The number of nitrogens with one attached hydrogen (secondary N) is 1. The molecule has 33 heavy (non-hydrogen) atoms. The zero-order valence-electron chi connectivity index (χ0n) is 20.3. The largest absolute Gasteiger partial charge is 0.480 e. The Bertz CT molecular complexity index is 646. The summed E-state index contributed by atoms with van der Waals surface area (Å²) < 4.78 is 10.4. The topological polar surface area (TPSA) is 122 Å². The monoisotopic (exact) mass is 488 g/mol. The lowest BCUT2D eigenvalue weighted by Gasteiger charge is -2.28. The molecule has 0 aromatic heterocycles. The average Bonchev–Trinajstić information content (AvgIpc) is 3.27. The highest BCUT2D eigenvalue weighted by Crippen LogP contribution is 2.22. The molecule has 0 saturated carbocycles. The Morgan fingerprint density at radius 3 is 2.33 bits per heavy atom. The smallest absolute Gasteiger partial charge is 0.326 e. The van der Waals surface area contributed by atoms with Crippen LogP contribution in [-0.4, -0.2) is 82.7 Å². The van der Waals surface area contributed by atoms with Crippen molar-refractivity contribution in [3.05, 3.63) is 0 Å². The lowest BCUT2D eigenvalue weighted by molar-refractivity contribution is -0.150. The molecule has 1 rings (SSSR count). The van der Waals surface area contributed by atoms with E-state index in [4.69, 9.17) is 9.47 Å². The highest BCUT2D eigenvalue weighted by molar-refractivity contribution is 8.00. The Kier molecular flexibility index (Phi) is 14.1. The number of rotatable bonds is 16. The Morgan fingerprint density at radius 2 is 1.73 bits per heavy atom. The standard InChI is InChI=1S/C23H40N2O7S/c1-5-8-9-10-13-19(23(30)32-7-3)33-15-17(22(29)31-6-2)24-16(4)20(26)25-14-11-12-18(25)21(27)28/h16-19,24H,5-15H2,1-4H3,(H,27,28)/t16?,17-,18-,19?/m0/s1. The van der Waals surface area contributed by atoms with E-state index in [1.165, 1.54) is 16.7 Å². The highest BCUT2D eigenvalue weighted by Gasteiger charge is 2.37. The number of carbonyl (C=O) groups is 4. The lowest BCUT2D eigenvalue weighted by atomic mass is 10.1. The first-order valence-electron chi connectivity index (χ1n) is 12.0. The molecule has 9 nitrogen and oxygen atoms in total. The van der Waals surface area contributed by atoms with Gasteiger partial charge in [-0.3, -0.25) is 19.7 Å². The van der Waals surface area contributed by atoms with E-state index < -0.39 is 35.3 Å². The fraction of sp³-hybridized carbons (Fsp3) is 0.826. The number of amides is 1. The molecular formula is C23H40N2O7S. The number of thioether (sulfide) groups is 1. The van der Waals surface area contributed by atoms with Crippen LogP contribution in [0.2, 0.25) is 0 Å². The molecule has 10 heteroatoms. The summed E-state index contributed by atoms with van der Waals surface area (Å²) in [4.78, 5) is 50.7. The van der Waals surface area contributed by atoms with E-state index in [-0.39, 0.29) is 30.8 Å². The number of likely N-dealkylation sites (tertiary alicyclic amines) is 1. The van der Waals surface area contributed by atoms with Gasteiger partial charge in [0.15, 0.2) is 0 Å². The minimum Gasteiger partial charge on any atom is -0.480 e. The number of esters is 2. The Hall–Kier alpha value is -1.81. The summed E-state index contributed by atoms with van der Waals surface area (Å²) in [5, 5.41) is 12.0. The number of nitrogens with zero attached hydrogens (tertiary/aromatic N) is 1. The first kappa shape index (κ1) is 29.2. The SMILES string of the molecule is CCCCCCC(SC[C@H](NC(C)C(=O)N1CCC[C@H]1C(=O)O)C(=O)OCC)C(=O)OCC. The van der Waals surface area contributed by atoms with E-state index in [0.717, 1.165) is 25.7 Å². The maximum atomic E-state index is 12.9. The van der Waals surface area contributed by atoms with Crippen LogP contribution in [0, 0.1) is 0 Å². The summed E-state index contributed by atoms with van der Waals surface area (Å²) in [5.41, 5.74) is 0. The number of hydrogen-bond acceptors (Lipinski definition) is 8. The summed E-state index contributed by atoms with van der Waals surface area (Å²) in [6.07, 6.45) is 5.82. The minimum absolute atomic E-state index is 0.190. The van der Waals surface area contributed by atoms with Crippen molar-refractivity contribution in [3.63, 3.8) is 0 Å². The van der Waals surface area contributed by atoms with Crippen molar-refractivity contribution in [1.29, 1.82) is 0 Å². The van der Waals surface area contributed by atoms with Gasteiger partial charge in [0.25, 0.3) is 0 Å². The molecule has 0 aromatic carbocycles. The van der Waals surface area contributed by atoms with Crippen LogP contribution in [0.25, 0.3) is 0 Å². The van der Waals surface area contributed by atoms with Gasteiger partial charge in [-0.25, -0.2) is 4.79 Å². The van der Waals surface area contributed by atoms with Gasteiger partial charge in [-0.05, 0) is 40.0 Å². The Labute approximate surface area is 201 Å². The van der Waals surface area contributed by atoms with Gasteiger partial charge in [0.2, 0.25) is 5.91 Å². The molecule has 1 fully saturated rings. The molecule has 1 saturated heterocycles. The fourth-order valence-electron chi connectivity index (χ4n) is 3.81. The van der Waals surface area contributed by atoms with Crippen molar-refractivity contribution in [2.75, 3.05) is 25.5 Å². The van der Waals surface area contributed by atoms with Gasteiger partial charge in [0.1, 0.15) is 17.3 Å². The molecule has 1 heterocycles. The number of unbranched alkanes of at least 4 members (excludes halogenated alkanes) is 3. The van der Waals surface area contributed by atoms with Gasteiger partial charge < -0.3 is 19.5 Å². The maximum absolute atomic E-state index is 12.9. The van der Waals surface area contributed by atoms with Gasteiger partial charge in [-0.1, -0.05) is 32.6 Å². The van der Waals surface area contributed by atoms with Crippen molar-refractivity contribution in [2.24, 2.45) is 0 Å². The molecule has 0 radical (unpaired) electrons. The molecular weight excluding hydrogens is 448 g/mol. The summed E-state index contributed by atoms with van der Waals surface area (Å²) in [6.45, 7) is 8.05. The molecule has 4 atom stereocenters. The third-order valence-corrected chi connectivity index (χ3v) is 6.90. The number of aliphatic carboxylic acids is 1. The predicted octanol–water partition coefficient (Wildman–Crippen LogP) is 2.61. The summed E-state index contributed by atoms with van der Waals surface area (Å²) >= 11 is 1.32. The van der Waals surface area contributed by atoms with Gasteiger partial charge in [0.05, 0.1) is 19.3 Å². The molecule has 190 valence electrons. The quantitative estimate of drug-likeness (QED) is 0.249. The van der Waals surface area contributed by atoms with Crippen molar-refractivity contribution in [1.82, 2.24) is 10.2 Å². The lowest BCUT2D eigenvalue weighted by Crippen LogP contribution is -2.54. The summed E-state index contributed by atoms with van der Waals surface area (Å²) in [5.74, 6) is -1.95. The molecule has 1 aliphatic heterocycles. The second-order valence-electron chi connectivity index (χ2n) is 8.14. The zero-order valence-corrected chi connectivity index (χ0v) is 21.2. The first-order chi connectivity index (χ1) is 15.8. The van der Waals surface area contributed by atoms with Crippen LogP contribution in [0.1, 0.15) is 72.6 Å². The summed E-state index contributed by atoms with van der Waals surface area (Å²) in [6, 6.07) is -2.42. The number of ether oxygens (including phenoxy) is 2. The van der Waals surface area contributed by atoms with Crippen LogP contribution in [0.5, 0.6) is 0 Å². The normalized spacial score (nSPS) is 18.4. The molecule has 2 N–H and O–H groups in total. The predicted molar refractivity (Wildman–Crippen MR) is 127 cm³/mol. The van der Waals surface area contributed by atoms with Crippen LogP contribution in [0.4, 0.5) is 0 Å².